The van der Waals surface area contributed by atoms with Gasteiger partial charge in [0.2, 0.25) is 0 Å². The number of benzene rings is 3. The second-order valence-corrected chi connectivity index (χ2v) is 7.07. The third-order valence-corrected chi connectivity index (χ3v) is 5.97. The predicted molar refractivity (Wildman–Crippen MR) is 83.5 cm³/mol. The van der Waals surface area contributed by atoms with Gasteiger partial charge in [-0.15, -0.1) is 0 Å². The summed E-state index contributed by atoms with van der Waals surface area (Å²) in [6.07, 6.45) is 0. The number of anilines is 2. The van der Waals surface area contributed by atoms with Crippen molar-refractivity contribution in [1.82, 2.24) is 0 Å². The van der Waals surface area contributed by atoms with E-state index in [1.54, 1.807) is 0 Å². The summed E-state index contributed by atoms with van der Waals surface area (Å²) in [6.45, 7) is 0. The van der Waals surface area contributed by atoms with Crippen LogP contribution in [0.2, 0.25) is 0 Å². The maximum absolute atomic E-state index is 2.36. The van der Waals surface area contributed by atoms with Crippen molar-refractivity contribution < 1.29 is 0 Å². The van der Waals surface area contributed by atoms with Crippen LogP contribution >= 0.6 is 0 Å². The summed E-state index contributed by atoms with van der Waals surface area (Å²) < 4.78 is 2.95. The first-order valence-corrected chi connectivity index (χ1v) is 8.08. The fraction of sp³-hybridized carbons (Fsp3) is 0.0588. The van der Waals surface area contributed by atoms with Gasteiger partial charge in [-0.1, -0.05) is 0 Å². The van der Waals surface area contributed by atoms with Crippen LogP contribution in [0.1, 0.15) is 0 Å². The van der Waals surface area contributed by atoms with E-state index in [1.165, 1.54) is 31.1 Å². The number of hydrogen-bond acceptors (Lipinski definition) is 1. The third-order valence-electron chi connectivity index (χ3n) is 3.64. The second-order valence-electron chi connectivity index (χ2n) is 4.80. The van der Waals surface area contributed by atoms with E-state index in [0.29, 0.717) is 15.0 Å². The first-order valence-electron chi connectivity index (χ1n) is 6.36. The molecule has 1 aliphatic rings. The molecule has 4 rings (SSSR count). The summed E-state index contributed by atoms with van der Waals surface area (Å²) >= 11 is 0.405. The Morgan fingerprint density at radius 2 is 1.42 bits per heavy atom. The average molecular weight is 310 g/mol. The molecular formula is C17H13NSe. The second kappa shape index (κ2) is 4.12. The first-order chi connectivity index (χ1) is 9.33. The molecule has 19 heavy (non-hydrogen) atoms. The van der Waals surface area contributed by atoms with Crippen LogP contribution in [0.4, 0.5) is 11.4 Å². The molecule has 3 aromatic carbocycles. The molecule has 0 bridgehead atoms. The maximum atomic E-state index is 2.36. The Kier molecular flexibility index (Phi) is 2.41. The Morgan fingerprint density at radius 1 is 0.737 bits per heavy atom. The molecule has 0 spiro atoms. The van der Waals surface area contributed by atoms with Gasteiger partial charge in [-0.3, -0.25) is 0 Å². The van der Waals surface area contributed by atoms with E-state index in [0.717, 1.165) is 0 Å². The van der Waals surface area contributed by atoms with Crippen LogP contribution in [0.3, 0.4) is 0 Å². The molecule has 1 nitrogen and oxygen atoms in total. The van der Waals surface area contributed by atoms with Gasteiger partial charge in [-0.05, 0) is 0 Å². The number of hydrogen-bond donors (Lipinski definition) is 0. The first kappa shape index (κ1) is 11.1. The molecule has 0 unspecified atom stereocenters. The van der Waals surface area contributed by atoms with Crippen LogP contribution in [0.5, 0.6) is 0 Å². The summed E-state index contributed by atoms with van der Waals surface area (Å²) in [6, 6.07) is 22.0. The Hall–Kier alpha value is -1.76. The molecule has 2 heteroatoms. The molecule has 1 heterocycles. The van der Waals surface area contributed by atoms with Gasteiger partial charge >= 0.3 is 119 Å². The number of rotatable bonds is 0. The minimum absolute atomic E-state index is 0.405. The van der Waals surface area contributed by atoms with E-state index in [2.05, 4.69) is 72.6 Å². The van der Waals surface area contributed by atoms with Crippen molar-refractivity contribution in [2.75, 3.05) is 11.9 Å². The molecular weight excluding hydrogens is 297 g/mol. The number of fused-ring (bicyclic) bond motifs is 3. The van der Waals surface area contributed by atoms with Gasteiger partial charge in [-0.25, -0.2) is 0 Å². The predicted octanol–water partition coefficient (Wildman–Crippen LogP) is 2.58. The van der Waals surface area contributed by atoms with Gasteiger partial charge in [-0.2, -0.15) is 0 Å². The molecule has 1 aliphatic heterocycles. The van der Waals surface area contributed by atoms with Crippen molar-refractivity contribution in [2.24, 2.45) is 0 Å². The molecule has 0 atom stereocenters. The molecule has 0 aliphatic carbocycles. The summed E-state index contributed by atoms with van der Waals surface area (Å²) in [5.41, 5.74) is 2.71. The van der Waals surface area contributed by atoms with E-state index in [9.17, 15) is 0 Å². The molecule has 0 saturated carbocycles. The number of para-hydroxylation sites is 1. The molecule has 0 N–H and O–H groups in total. The molecule has 92 valence electrons. The van der Waals surface area contributed by atoms with Crippen molar-refractivity contribution in [3.05, 3.63) is 60.7 Å². The summed E-state index contributed by atoms with van der Waals surface area (Å²) in [7, 11) is 2.17. The fourth-order valence-electron chi connectivity index (χ4n) is 2.62. The van der Waals surface area contributed by atoms with E-state index in [-0.39, 0.29) is 0 Å². The van der Waals surface area contributed by atoms with Crippen molar-refractivity contribution in [2.45, 2.75) is 0 Å². The van der Waals surface area contributed by atoms with E-state index < -0.39 is 0 Å². The molecule has 0 radical (unpaired) electrons. The van der Waals surface area contributed by atoms with Gasteiger partial charge in [0.15, 0.2) is 0 Å². The standard InChI is InChI=1S/C17H13NSe/c1-18-14-8-4-5-9-16(14)19-17-11-13-7-3-2-6-12(13)10-15(17)18/h2-11H,1H3. The van der Waals surface area contributed by atoms with Gasteiger partial charge in [0, 0.05) is 0 Å². The SMILES string of the molecule is CN1c2ccccc2[Se]c2cc3ccccc3cc21. The van der Waals surface area contributed by atoms with Crippen LogP contribution in [0, 0.1) is 0 Å². The van der Waals surface area contributed by atoms with Crippen LogP contribution in [0.25, 0.3) is 10.8 Å². The van der Waals surface area contributed by atoms with Crippen molar-refractivity contribution in [3.8, 4) is 0 Å². The van der Waals surface area contributed by atoms with Crippen LogP contribution in [-0.4, -0.2) is 22.0 Å². The van der Waals surface area contributed by atoms with Crippen molar-refractivity contribution in [1.29, 1.82) is 0 Å². The van der Waals surface area contributed by atoms with Crippen LogP contribution in [0.15, 0.2) is 60.7 Å². The monoisotopic (exact) mass is 311 g/mol. The molecule has 0 saturated heterocycles. The topological polar surface area (TPSA) is 3.24 Å². The van der Waals surface area contributed by atoms with Crippen molar-refractivity contribution in [3.63, 3.8) is 0 Å². The van der Waals surface area contributed by atoms with Gasteiger partial charge < -0.3 is 0 Å². The van der Waals surface area contributed by atoms with E-state index in [1.807, 2.05) is 0 Å². The Balaban J connectivity index is 1.98. The Bertz CT molecular complexity index is 779. The quantitative estimate of drug-likeness (QED) is 0.577. The van der Waals surface area contributed by atoms with Crippen molar-refractivity contribution >= 4 is 46.0 Å². The van der Waals surface area contributed by atoms with E-state index >= 15 is 0 Å². The minimum atomic E-state index is 0.405. The van der Waals surface area contributed by atoms with Gasteiger partial charge in [0.25, 0.3) is 0 Å². The molecule has 0 amide bonds. The zero-order valence-corrected chi connectivity index (χ0v) is 12.3. The molecule has 3 aromatic rings. The van der Waals surface area contributed by atoms with Gasteiger partial charge in [0.05, 0.1) is 0 Å². The average Bonchev–Trinajstić information content (AvgIpc) is 2.46. The fourth-order valence-corrected chi connectivity index (χ4v) is 5.09. The van der Waals surface area contributed by atoms with Gasteiger partial charge in [0.1, 0.15) is 0 Å². The summed E-state index contributed by atoms with van der Waals surface area (Å²) in [5, 5.41) is 2.67. The Labute approximate surface area is 119 Å². The van der Waals surface area contributed by atoms with E-state index in [4.69, 9.17) is 0 Å². The molecule has 0 fully saturated rings. The zero-order chi connectivity index (χ0) is 12.8. The normalized spacial score (nSPS) is 13.2. The third kappa shape index (κ3) is 1.68. The summed E-state index contributed by atoms with van der Waals surface area (Å²) in [4.78, 5) is 2.32. The zero-order valence-electron chi connectivity index (χ0n) is 10.6. The van der Waals surface area contributed by atoms with Crippen LogP contribution < -0.4 is 13.8 Å². The Morgan fingerprint density at radius 3 is 2.26 bits per heavy atom. The molecule has 0 aromatic heterocycles. The summed E-state index contributed by atoms with van der Waals surface area (Å²) in [5.74, 6) is 0. The van der Waals surface area contributed by atoms with Crippen LogP contribution in [-0.2, 0) is 0 Å². The number of nitrogens with zero attached hydrogens (tertiary/aromatic N) is 1.